The first-order valence-electron chi connectivity index (χ1n) is 7.38. The first-order chi connectivity index (χ1) is 9.31. The summed E-state index contributed by atoms with van der Waals surface area (Å²) < 4.78 is 5.23. The summed E-state index contributed by atoms with van der Waals surface area (Å²) in [5.74, 6) is 0.785. The summed E-state index contributed by atoms with van der Waals surface area (Å²) >= 11 is 0. The number of methoxy groups -OCH3 is 1. The highest BCUT2D eigenvalue weighted by molar-refractivity contribution is 5.37. The van der Waals surface area contributed by atoms with Crippen molar-refractivity contribution in [3.63, 3.8) is 0 Å². The van der Waals surface area contributed by atoms with Crippen LogP contribution in [-0.4, -0.2) is 37.7 Å². The van der Waals surface area contributed by atoms with Gasteiger partial charge in [-0.25, -0.2) is 0 Å². The number of benzene rings is 1. The number of ether oxygens (including phenoxy) is 1. The first-order valence-corrected chi connectivity index (χ1v) is 7.38. The molecule has 104 valence electrons. The molecule has 3 nitrogen and oxygen atoms in total. The van der Waals surface area contributed by atoms with Crippen molar-refractivity contribution in [2.75, 3.05) is 26.8 Å². The van der Waals surface area contributed by atoms with Gasteiger partial charge in [-0.15, -0.1) is 0 Å². The molecule has 0 amide bonds. The van der Waals surface area contributed by atoms with E-state index < -0.39 is 0 Å². The lowest BCUT2D eigenvalue weighted by Crippen LogP contribution is -2.34. The number of nitrogens with zero attached hydrogens (tertiary/aromatic N) is 1. The topological polar surface area (TPSA) is 38.5 Å². The van der Waals surface area contributed by atoms with Gasteiger partial charge in [0.25, 0.3) is 0 Å². The molecule has 2 fully saturated rings. The molecule has 3 heteroatoms. The fraction of sp³-hybridized carbons (Fsp3) is 0.625. The van der Waals surface area contributed by atoms with Crippen molar-refractivity contribution in [3.05, 3.63) is 35.4 Å². The largest absolute Gasteiger partial charge is 0.383 e. The Labute approximate surface area is 115 Å². The summed E-state index contributed by atoms with van der Waals surface area (Å²) in [6, 6.07) is 9.54. The Morgan fingerprint density at radius 3 is 2.63 bits per heavy atom. The van der Waals surface area contributed by atoms with E-state index in [1.54, 1.807) is 7.11 Å². The van der Waals surface area contributed by atoms with Crippen LogP contribution in [-0.2, 0) is 4.74 Å². The van der Waals surface area contributed by atoms with E-state index in [-0.39, 0.29) is 6.04 Å². The molecule has 0 spiro atoms. The van der Waals surface area contributed by atoms with Crippen LogP contribution in [0, 0.1) is 0 Å². The van der Waals surface area contributed by atoms with E-state index in [0.717, 1.165) is 32.0 Å². The van der Waals surface area contributed by atoms with E-state index in [1.807, 2.05) is 0 Å². The second-order valence-corrected chi connectivity index (χ2v) is 5.83. The molecule has 1 aliphatic heterocycles. The third-order valence-corrected chi connectivity index (χ3v) is 4.46. The molecular weight excluding hydrogens is 236 g/mol. The van der Waals surface area contributed by atoms with Gasteiger partial charge in [0, 0.05) is 26.2 Å². The molecule has 0 radical (unpaired) electrons. The summed E-state index contributed by atoms with van der Waals surface area (Å²) in [5.41, 5.74) is 9.38. The van der Waals surface area contributed by atoms with Gasteiger partial charge in [0.05, 0.1) is 12.6 Å². The maximum absolute atomic E-state index is 6.38. The van der Waals surface area contributed by atoms with Gasteiger partial charge in [-0.1, -0.05) is 24.3 Å². The van der Waals surface area contributed by atoms with Crippen molar-refractivity contribution in [2.45, 2.75) is 37.3 Å². The molecule has 1 aliphatic carbocycles. The van der Waals surface area contributed by atoms with Gasteiger partial charge in [-0.05, 0) is 36.3 Å². The van der Waals surface area contributed by atoms with Crippen LogP contribution in [0.4, 0.5) is 0 Å². The average molecular weight is 260 g/mol. The Bertz CT molecular complexity index is 431. The SMILES string of the molecule is COCCN1CCC(N)C1c1ccccc1C1CC1. The van der Waals surface area contributed by atoms with E-state index in [4.69, 9.17) is 10.5 Å². The lowest BCUT2D eigenvalue weighted by Gasteiger charge is -2.28. The molecule has 3 rings (SSSR count). The summed E-state index contributed by atoms with van der Waals surface area (Å²) in [4.78, 5) is 2.50. The van der Waals surface area contributed by atoms with Crippen molar-refractivity contribution in [2.24, 2.45) is 5.73 Å². The van der Waals surface area contributed by atoms with E-state index >= 15 is 0 Å². The summed E-state index contributed by atoms with van der Waals surface area (Å²) in [7, 11) is 1.77. The maximum atomic E-state index is 6.38. The monoisotopic (exact) mass is 260 g/mol. The standard InChI is InChI=1S/C16H24N2O/c1-19-11-10-18-9-8-15(17)16(18)14-5-3-2-4-13(14)12-6-7-12/h2-5,12,15-16H,6-11,17H2,1H3. The minimum atomic E-state index is 0.261. The van der Waals surface area contributed by atoms with Crippen molar-refractivity contribution >= 4 is 0 Å². The summed E-state index contributed by atoms with van der Waals surface area (Å²) in [5, 5.41) is 0. The van der Waals surface area contributed by atoms with Crippen LogP contribution in [0.3, 0.4) is 0 Å². The van der Waals surface area contributed by atoms with Crippen molar-refractivity contribution in [1.82, 2.24) is 4.90 Å². The highest BCUT2D eigenvalue weighted by Crippen LogP contribution is 2.45. The molecule has 0 bridgehead atoms. The fourth-order valence-corrected chi connectivity index (χ4v) is 3.32. The number of likely N-dealkylation sites (tertiary alicyclic amines) is 1. The van der Waals surface area contributed by atoms with Crippen LogP contribution in [0.1, 0.15) is 42.3 Å². The summed E-state index contributed by atoms with van der Waals surface area (Å²) in [6.07, 6.45) is 3.78. The Morgan fingerprint density at radius 2 is 1.95 bits per heavy atom. The quantitative estimate of drug-likeness (QED) is 0.882. The van der Waals surface area contributed by atoms with Gasteiger partial charge in [0.1, 0.15) is 0 Å². The van der Waals surface area contributed by atoms with Gasteiger partial charge < -0.3 is 10.5 Å². The number of nitrogens with two attached hydrogens (primary N) is 1. The fourth-order valence-electron chi connectivity index (χ4n) is 3.32. The Hall–Kier alpha value is -0.900. The van der Waals surface area contributed by atoms with Gasteiger partial charge >= 0.3 is 0 Å². The molecular formula is C16H24N2O. The molecule has 2 N–H and O–H groups in total. The second kappa shape index (κ2) is 5.61. The zero-order valence-electron chi connectivity index (χ0n) is 11.7. The van der Waals surface area contributed by atoms with Crippen LogP contribution in [0.2, 0.25) is 0 Å². The molecule has 1 aromatic rings. The molecule has 1 saturated heterocycles. The van der Waals surface area contributed by atoms with E-state index in [1.165, 1.54) is 24.0 Å². The Balaban J connectivity index is 1.85. The van der Waals surface area contributed by atoms with Crippen molar-refractivity contribution < 1.29 is 4.74 Å². The lowest BCUT2D eigenvalue weighted by molar-refractivity contribution is 0.138. The predicted molar refractivity (Wildman–Crippen MR) is 77.2 cm³/mol. The van der Waals surface area contributed by atoms with Gasteiger partial charge in [-0.3, -0.25) is 4.90 Å². The zero-order valence-corrected chi connectivity index (χ0v) is 11.7. The van der Waals surface area contributed by atoms with E-state index in [2.05, 4.69) is 29.2 Å². The average Bonchev–Trinajstić information content (AvgIpc) is 3.21. The van der Waals surface area contributed by atoms with E-state index in [0.29, 0.717) is 6.04 Å². The van der Waals surface area contributed by atoms with Crippen LogP contribution >= 0.6 is 0 Å². The molecule has 2 aliphatic rings. The molecule has 19 heavy (non-hydrogen) atoms. The highest BCUT2D eigenvalue weighted by Gasteiger charge is 2.36. The third-order valence-electron chi connectivity index (χ3n) is 4.46. The first kappa shape index (κ1) is 13.1. The maximum Gasteiger partial charge on any atom is 0.0589 e. The zero-order chi connectivity index (χ0) is 13.2. The Morgan fingerprint density at radius 1 is 1.21 bits per heavy atom. The van der Waals surface area contributed by atoms with Crippen LogP contribution in [0.5, 0.6) is 0 Å². The molecule has 1 saturated carbocycles. The number of hydrogen-bond acceptors (Lipinski definition) is 3. The van der Waals surface area contributed by atoms with Gasteiger partial charge in [0.15, 0.2) is 0 Å². The molecule has 2 unspecified atom stereocenters. The van der Waals surface area contributed by atoms with Crippen LogP contribution in [0.25, 0.3) is 0 Å². The normalized spacial score (nSPS) is 27.9. The van der Waals surface area contributed by atoms with Crippen LogP contribution < -0.4 is 5.73 Å². The van der Waals surface area contributed by atoms with Crippen molar-refractivity contribution in [1.29, 1.82) is 0 Å². The smallest absolute Gasteiger partial charge is 0.0589 e. The third kappa shape index (κ3) is 2.69. The van der Waals surface area contributed by atoms with Gasteiger partial charge in [-0.2, -0.15) is 0 Å². The highest BCUT2D eigenvalue weighted by atomic mass is 16.5. The molecule has 1 heterocycles. The number of hydrogen-bond donors (Lipinski definition) is 1. The summed E-state index contributed by atoms with van der Waals surface area (Å²) in [6.45, 7) is 2.86. The van der Waals surface area contributed by atoms with Crippen molar-refractivity contribution in [3.8, 4) is 0 Å². The predicted octanol–water partition coefficient (Wildman–Crippen LogP) is 2.28. The van der Waals surface area contributed by atoms with Gasteiger partial charge in [0.2, 0.25) is 0 Å². The minimum Gasteiger partial charge on any atom is -0.383 e. The lowest BCUT2D eigenvalue weighted by atomic mass is 9.93. The molecule has 2 atom stereocenters. The van der Waals surface area contributed by atoms with E-state index in [9.17, 15) is 0 Å². The minimum absolute atomic E-state index is 0.261. The Kier molecular flexibility index (Phi) is 3.87. The molecule has 1 aromatic carbocycles. The molecule has 0 aromatic heterocycles. The van der Waals surface area contributed by atoms with Crippen LogP contribution in [0.15, 0.2) is 24.3 Å². The second-order valence-electron chi connectivity index (χ2n) is 5.83. The number of rotatable bonds is 5.